The molecule has 0 aliphatic heterocycles. The van der Waals surface area contributed by atoms with Gasteiger partial charge in [0.2, 0.25) is 0 Å². The van der Waals surface area contributed by atoms with Crippen LogP contribution in [-0.4, -0.2) is 29.7 Å². The van der Waals surface area contributed by atoms with E-state index in [0.29, 0.717) is 11.7 Å². The van der Waals surface area contributed by atoms with E-state index in [4.69, 9.17) is 0 Å². The SMILES string of the molecule is CCn1c(Sc2c(CO)c(C)nn2C)n[nH]c1=O. The number of aromatic amines is 1. The van der Waals surface area contributed by atoms with Gasteiger partial charge in [-0.2, -0.15) is 5.10 Å². The summed E-state index contributed by atoms with van der Waals surface area (Å²) in [5.74, 6) is 0. The Labute approximate surface area is 108 Å². The highest BCUT2D eigenvalue weighted by Crippen LogP contribution is 2.29. The minimum Gasteiger partial charge on any atom is -0.392 e. The van der Waals surface area contributed by atoms with Crippen molar-refractivity contribution in [3.8, 4) is 0 Å². The van der Waals surface area contributed by atoms with Gasteiger partial charge in [-0.3, -0.25) is 9.25 Å². The Morgan fingerprint density at radius 1 is 1.50 bits per heavy atom. The van der Waals surface area contributed by atoms with Crippen LogP contribution in [0.5, 0.6) is 0 Å². The van der Waals surface area contributed by atoms with Gasteiger partial charge in [-0.25, -0.2) is 9.89 Å². The summed E-state index contributed by atoms with van der Waals surface area (Å²) >= 11 is 1.32. The van der Waals surface area contributed by atoms with Crippen molar-refractivity contribution in [2.24, 2.45) is 7.05 Å². The summed E-state index contributed by atoms with van der Waals surface area (Å²) in [6.45, 7) is 4.18. The maximum Gasteiger partial charge on any atom is 0.343 e. The van der Waals surface area contributed by atoms with E-state index in [-0.39, 0.29) is 12.3 Å². The topological polar surface area (TPSA) is 88.7 Å². The number of H-pyrrole nitrogens is 1. The van der Waals surface area contributed by atoms with Gasteiger partial charge in [-0.1, -0.05) is 0 Å². The predicted molar refractivity (Wildman–Crippen MR) is 66.5 cm³/mol. The first kappa shape index (κ1) is 12.9. The summed E-state index contributed by atoms with van der Waals surface area (Å²) in [6.07, 6.45) is 0. The Balaban J connectivity index is 2.42. The van der Waals surface area contributed by atoms with E-state index >= 15 is 0 Å². The van der Waals surface area contributed by atoms with Gasteiger partial charge in [-0.05, 0) is 25.6 Å². The van der Waals surface area contributed by atoms with Crippen LogP contribution in [0.3, 0.4) is 0 Å². The highest BCUT2D eigenvalue weighted by atomic mass is 32.2. The molecular weight excluding hydrogens is 254 g/mol. The van der Waals surface area contributed by atoms with Crippen LogP contribution in [0, 0.1) is 6.92 Å². The average molecular weight is 269 g/mol. The van der Waals surface area contributed by atoms with E-state index in [1.165, 1.54) is 16.3 Å². The molecule has 8 heteroatoms. The molecule has 2 aromatic rings. The number of nitrogens with one attached hydrogen (secondary N) is 1. The summed E-state index contributed by atoms with van der Waals surface area (Å²) in [5, 5.41) is 21.4. The second-order valence-electron chi connectivity index (χ2n) is 3.81. The minimum absolute atomic E-state index is 0.0806. The molecule has 0 bridgehead atoms. The number of aromatic nitrogens is 5. The molecule has 7 nitrogen and oxygen atoms in total. The van der Waals surface area contributed by atoms with Crippen molar-refractivity contribution in [3.63, 3.8) is 0 Å². The van der Waals surface area contributed by atoms with E-state index in [1.54, 1.807) is 11.7 Å². The molecule has 0 aliphatic rings. The molecule has 2 heterocycles. The maximum absolute atomic E-state index is 11.5. The van der Waals surface area contributed by atoms with Crippen molar-refractivity contribution in [1.82, 2.24) is 24.5 Å². The molecule has 98 valence electrons. The molecule has 0 aromatic carbocycles. The number of hydrogen-bond donors (Lipinski definition) is 2. The van der Waals surface area contributed by atoms with E-state index < -0.39 is 0 Å². The van der Waals surface area contributed by atoms with E-state index in [1.807, 2.05) is 13.8 Å². The van der Waals surface area contributed by atoms with Gasteiger partial charge in [0.15, 0.2) is 5.16 Å². The zero-order valence-corrected chi connectivity index (χ0v) is 11.3. The first-order chi connectivity index (χ1) is 8.58. The molecule has 0 spiro atoms. The van der Waals surface area contributed by atoms with Crippen molar-refractivity contribution in [2.45, 2.75) is 37.2 Å². The first-order valence-electron chi connectivity index (χ1n) is 5.54. The molecule has 2 rings (SSSR count). The Morgan fingerprint density at radius 2 is 2.22 bits per heavy atom. The van der Waals surface area contributed by atoms with Crippen molar-refractivity contribution in [3.05, 3.63) is 21.7 Å². The zero-order chi connectivity index (χ0) is 13.3. The number of aryl methyl sites for hydroxylation is 2. The van der Waals surface area contributed by atoms with Crippen LogP contribution >= 0.6 is 11.8 Å². The third-order valence-electron chi connectivity index (χ3n) is 2.67. The fourth-order valence-electron chi connectivity index (χ4n) is 1.74. The first-order valence-corrected chi connectivity index (χ1v) is 6.36. The Morgan fingerprint density at radius 3 is 2.83 bits per heavy atom. The molecule has 0 unspecified atom stereocenters. The Bertz CT molecular complexity index is 612. The second kappa shape index (κ2) is 4.99. The smallest absolute Gasteiger partial charge is 0.343 e. The van der Waals surface area contributed by atoms with Gasteiger partial charge in [-0.15, -0.1) is 5.10 Å². The second-order valence-corrected chi connectivity index (χ2v) is 4.76. The average Bonchev–Trinajstić information content (AvgIpc) is 2.81. The van der Waals surface area contributed by atoms with E-state index in [2.05, 4.69) is 15.3 Å². The van der Waals surface area contributed by atoms with Crippen molar-refractivity contribution >= 4 is 11.8 Å². The normalized spacial score (nSPS) is 11.1. The number of hydrogen-bond acceptors (Lipinski definition) is 5. The Kier molecular flexibility index (Phi) is 3.58. The molecule has 0 saturated heterocycles. The largest absolute Gasteiger partial charge is 0.392 e. The monoisotopic (exact) mass is 269 g/mol. The van der Waals surface area contributed by atoms with Crippen molar-refractivity contribution in [2.75, 3.05) is 0 Å². The lowest BCUT2D eigenvalue weighted by Gasteiger charge is -2.04. The molecule has 0 saturated carbocycles. The van der Waals surface area contributed by atoms with Crippen LogP contribution in [0.1, 0.15) is 18.2 Å². The van der Waals surface area contributed by atoms with Crippen molar-refractivity contribution in [1.29, 1.82) is 0 Å². The Hall–Kier alpha value is -1.54. The third-order valence-corrected chi connectivity index (χ3v) is 3.87. The molecule has 0 radical (unpaired) electrons. The lowest BCUT2D eigenvalue weighted by atomic mass is 10.3. The number of nitrogens with zero attached hydrogens (tertiary/aromatic N) is 4. The summed E-state index contributed by atoms with van der Waals surface area (Å²) in [4.78, 5) is 11.5. The maximum atomic E-state index is 11.5. The van der Waals surface area contributed by atoms with Crippen LogP contribution in [0.2, 0.25) is 0 Å². The summed E-state index contributed by atoms with van der Waals surface area (Å²) in [5.41, 5.74) is 1.31. The lowest BCUT2D eigenvalue weighted by molar-refractivity contribution is 0.277. The van der Waals surface area contributed by atoms with Crippen molar-refractivity contribution < 1.29 is 5.11 Å². The fourth-order valence-corrected chi connectivity index (χ4v) is 2.83. The summed E-state index contributed by atoms with van der Waals surface area (Å²) in [6, 6.07) is 0. The molecule has 0 amide bonds. The highest BCUT2D eigenvalue weighted by molar-refractivity contribution is 7.99. The van der Waals surface area contributed by atoms with Gasteiger partial charge in [0.05, 0.1) is 12.3 Å². The predicted octanol–water partition coefficient (Wildman–Crippen LogP) is 0.277. The molecule has 0 fully saturated rings. The van der Waals surface area contributed by atoms with E-state index in [0.717, 1.165) is 16.3 Å². The van der Waals surface area contributed by atoms with E-state index in [9.17, 15) is 9.90 Å². The number of rotatable bonds is 4. The minimum atomic E-state index is -0.232. The van der Waals surface area contributed by atoms with Crippen LogP contribution in [0.25, 0.3) is 0 Å². The summed E-state index contributed by atoms with van der Waals surface area (Å²) < 4.78 is 3.22. The van der Waals surface area contributed by atoms with Gasteiger partial charge < -0.3 is 5.11 Å². The van der Waals surface area contributed by atoms with Crippen LogP contribution in [-0.2, 0) is 20.2 Å². The quantitative estimate of drug-likeness (QED) is 0.832. The van der Waals surface area contributed by atoms with Gasteiger partial charge in [0, 0.05) is 19.2 Å². The number of aliphatic hydroxyl groups is 1. The lowest BCUT2D eigenvalue weighted by Crippen LogP contribution is -2.16. The molecule has 2 N–H and O–H groups in total. The molecular formula is C10H15N5O2S. The molecule has 0 aliphatic carbocycles. The standard InChI is InChI=1S/C10H15N5O2S/c1-4-15-9(17)11-12-10(15)18-8-7(5-16)6(2)13-14(8)3/h16H,4-5H2,1-3H3,(H,11,17). The van der Waals surface area contributed by atoms with Crippen LogP contribution < -0.4 is 5.69 Å². The molecule has 2 aromatic heterocycles. The fraction of sp³-hybridized carbons (Fsp3) is 0.500. The van der Waals surface area contributed by atoms with Crippen LogP contribution in [0.4, 0.5) is 0 Å². The third kappa shape index (κ3) is 2.08. The summed E-state index contributed by atoms with van der Waals surface area (Å²) in [7, 11) is 1.80. The van der Waals surface area contributed by atoms with Gasteiger partial charge in [0.1, 0.15) is 5.03 Å². The van der Waals surface area contributed by atoms with Crippen LogP contribution in [0.15, 0.2) is 15.0 Å². The molecule has 18 heavy (non-hydrogen) atoms. The highest BCUT2D eigenvalue weighted by Gasteiger charge is 2.17. The van der Waals surface area contributed by atoms with Gasteiger partial charge in [0.25, 0.3) is 0 Å². The van der Waals surface area contributed by atoms with Gasteiger partial charge >= 0.3 is 5.69 Å². The number of aliphatic hydroxyl groups excluding tert-OH is 1. The zero-order valence-electron chi connectivity index (χ0n) is 10.5. The molecule has 0 atom stereocenters.